The second kappa shape index (κ2) is 5.03. The van der Waals surface area contributed by atoms with Gasteiger partial charge in [0.25, 0.3) is 5.69 Å². The fourth-order valence-electron chi connectivity index (χ4n) is 1.99. The molecule has 0 aliphatic rings. The average Bonchev–Trinajstić information content (AvgIpc) is 2.69. The molecule has 7 nitrogen and oxygen atoms in total. The van der Waals surface area contributed by atoms with E-state index in [1.54, 1.807) is 19.1 Å². The monoisotopic (exact) mass is 305 g/mol. The molecule has 0 radical (unpaired) electrons. The Morgan fingerprint density at radius 2 is 2.14 bits per heavy atom. The minimum Gasteiger partial charge on any atom is -0.358 e. The summed E-state index contributed by atoms with van der Waals surface area (Å²) in [6.07, 6.45) is 2.17. The van der Waals surface area contributed by atoms with Crippen LogP contribution in [0.1, 0.15) is 11.3 Å². The Hall–Kier alpha value is -2.66. The number of aromatic amines is 1. The van der Waals surface area contributed by atoms with Crippen LogP contribution in [0.15, 0.2) is 23.1 Å². The number of non-ortho nitro benzene ring substituents is 1. The molecule has 0 aliphatic heterocycles. The number of hydrogen-bond acceptors (Lipinski definition) is 5. The largest absolute Gasteiger partial charge is 0.358 e. The molecule has 0 atom stereocenters. The summed E-state index contributed by atoms with van der Waals surface area (Å²) in [6.45, 7) is 1.70. The highest BCUT2D eigenvalue weighted by Gasteiger charge is 2.16. The van der Waals surface area contributed by atoms with E-state index in [-0.39, 0.29) is 5.69 Å². The lowest BCUT2D eigenvalue weighted by atomic mass is 10.1. The molecule has 0 aliphatic carbocycles. The van der Waals surface area contributed by atoms with Crippen LogP contribution in [-0.2, 0) is 9.84 Å². The van der Waals surface area contributed by atoms with E-state index in [0.717, 1.165) is 6.26 Å². The lowest BCUT2D eigenvalue weighted by Crippen LogP contribution is -1.98. The van der Waals surface area contributed by atoms with Crippen molar-refractivity contribution >= 4 is 32.5 Å². The van der Waals surface area contributed by atoms with E-state index < -0.39 is 19.7 Å². The molecule has 0 unspecified atom stereocenters. The number of nitro groups is 1. The predicted molar refractivity (Wildman–Crippen MR) is 78.1 cm³/mol. The third-order valence-corrected chi connectivity index (χ3v) is 4.02. The molecule has 0 amide bonds. The molecule has 8 heteroatoms. The van der Waals surface area contributed by atoms with Crippen LogP contribution >= 0.6 is 0 Å². The van der Waals surface area contributed by atoms with Crippen molar-refractivity contribution in [2.75, 3.05) is 6.26 Å². The summed E-state index contributed by atoms with van der Waals surface area (Å²) in [5.74, 6) is 0. The van der Waals surface area contributed by atoms with Crippen LogP contribution in [0, 0.1) is 28.4 Å². The van der Waals surface area contributed by atoms with Crippen LogP contribution in [0.2, 0.25) is 0 Å². The van der Waals surface area contributed by atoms with Crippen LogP contribution in [-0.4, -0.2) is 24.6 Å². The normalized spacial score (nSPS) is 12.3. The lowest BCUT2D eigenvalue weighted by molar-refractivity contribution is -0.384. The topological polar surface area (TPSA) is 117 Å². The highest BCUT2D eigenvalue weighted by molar-refractivity contribution is 7.95. The number of allylic oxidation sites excluding steroid dienone is 1. The van der Waals surface area contributed by atoms with E-state index in [1.807, 2.05) is 0 Å². The third kappa shape index (κ3) is 2.78. The van der Waals surface area contributed by atoms with Gasteiger partial charge in [-0.2, -0.15) is 5.26 Å². The Kier molecular flexibility index (Phi) is 3.53. The summed E-state index contributed by atoms with van der Waals surface area (Å²) in [7, 11) is -3.65. The van der Waals surface area contributed by atoms with Crippen molar-refractivity contribution in [1.29, 1.82) is 5.26 Å². The van der Waals surface area contributed by atoms with E-state index in [0.29, 0.717) is 22.2 Å². The standard InChI is InChI=1S/C13H11N3O4S/c1-8-11(6-10(7-14)21(2,19)20)12-5-9(16(17)18)3-4-13(12)15-8/h3-6,15H,1-2H3. The molecular weight excluding hydrogens is 294 g/mol. The molecular formula is C13H11N3O4S. The number of sulfone groups is 1. The van der Waals surface area contributed by atoms with Crippen LogP contribution in [0.4, 0.5) is 5.69 Å². The zero-order valence-corrected chi connectivity index (χ0v) is 12.1. The molecule has 1 N–H and O–H groups in total. The summed E-state index contributed by atoms with van der Waals surface area (Å²) in [5, 5.41) is 20.3. The minimum absolute atomic E-state index is 0.103. The average molecular weight is 305 g/mol. The third-order valence-electron chi connectivity index (χ3n) is 3.02. The van der Waals surface area contributed by atoms with E-state index in [9.17, 15) is 18.5 Å². The lowest BCUT2D eigenvalue weighted by Gasteiger charge is -1.97. The van der Waals surface area contributed by atoms with Gasteiger partial charge in [0, 0.05) is 40.5 Å². The summed E-state index contributed by atoms with van der Waals surface area (Å²) >= 11 is 0. The Morgan fingerprint density at radius 3 is 2.67 bits per heavy atom. The Labute approximate surface area is 120 Å². The first-order valence-corrected chi connectivity index (χ1v) is 7.71. The van der Waals surface area contributed by atoms with E-state index in [2.05, 4.69) is 4.98 Å². The fourth-order valence-corrected chi connectivity index (χ4v) is 2.49. The van der Waals surface area contributed by atoms with Gasteiger partial charge in [0.2, 0.25) is 0 Å². The van der Waals surface area contributed by atoms with Crippen LogP contribution in [0.5, 0.6) is 0 Å². The number of H-pyrrole nitrogens is 1. The van der Waals surface area contributed by atoms with E-state index >= 15 is 0 Å². The van der Waals surface area contributed by atoms with Crippen LogP contribution in [0.3, 0.4) is 0 Å². The predicted octanol–water partition coefficient (Wildman–Crippen LogP) is 2.29. The highest BCUT2D eigenvalue weighted by atomic mass is 32.2. The van der Waals surface area contributed by atoms with Crippen molar-refractivity contribution < 1.29 is 13.3 Å². The molecule has 21 heavy (non-hydrogen) atoms. The van der Waals surface area contributed by atoms with Gasteiger partial charge in [0.15, 0.2) is 9.84 Å². The van der Waals surface area contributed by atoms with Gasteiger partial charge in [-0.3, -0.25) is 10.1 Å². The molecule has 0 saturated carbocycles. The quantitative estimate of drug-likeness (QED) is 0.530. The van der Waals surface area contributed by atoms with Crippen molar-refractivity contribution in [3.8, 4) is 6.07 Å². The summed E-state index contributed by atoms with van der Waals surface area (Å²) < 4.78 is 23.0. The van der Waals surface area contributed by atoms with Crippen molar-refractivity contribution in [3.63, 3.8) is 0 Å². The molecule has 2 aromatic rings. The minimum atomic E-state index is -3.65. The van der Waals surface area contributed by atoms with Gasteiger partial charge >= 0.3 is 0 Å². The molecule has 1 aromatic carbocycles. The van der Waals surface area contributed by atoms with E-state index in [4.69, 9.17) is 5.26 Å². The fraction of sp³-hybridized carbons (Fsp3) is 0.154. The maximum absolute atomic E-state index is 11.5. The zero-order chi connectivity index (χ0) is 15.8. The number of nitrogens with one attached hydrogen (secondary N) is 1. The Morgan fingerprint density at radius 1 is 1.48 bits per heavy atom. The Bertz CT molecular complexity index is 917. The molecule has 0 spiro atoms. The molecule has 1 heterocycles. The van der Waals surface area contributed by atoms with Crippen molar-refractivity contribution in [2.45, 2.75) is 6.92 Å². The number of aromatic nitrogens is 1. The first-order valence-electron chi connectivity index (χ1n) is 5.82. The molecule has 0 bridgehead atoms. The number of nitrogens with zero attached hydrogens (tertiary/aromatic N) is 2. The molecule has 0 saturated heterocycles. The van der Waals surface area contributed by atoms with Gasteiger partial charge in [-0.05, 0) is 19.1 Å². The molecule has 108 valence electrons. The number of fused-ring (bicyclic) bond motifs is 1. The van der Waals surface area contributed by atoms with Crippen molar-refractivity contribution in [2.24, 2.45) is 0 Å². The van der Waals surface area contributed by atoms with Gasteiger partial charge in [-0.15, -0.1) is 0 Å². The van der Waals surface area contributed by atoms with Gasteiger partial charge < -0.3 is 4.98 Å². The summed E-state index contributed by atoms with van der Waals surface area (Å²) in [6, 6.07) is 5.88. The number of rotatable bonds is 3. The SMILES string of the molecule is Cc1[nH]c2ccc([N+](=O)[O-])cc2c1C=C(C#N)S(C)(=O)=O. The summed E-state index contributed by atoms with van der Waals surface area (Å²) in [4.78, 5) is 12.9. The first kappa shape index (κ1) is 14.7. The number of hydrogen-bond donors (Lipinski definition) is 1. The molecule has 1 aromatic heterocycles. The van der Waals surface area contributed by atoms with Crippen LogP contribution in [0.25, 0.3) is 17.0 Å². The van der Waals surface area contributed by atoms with Crippen LogP contribution < -0.4 is 0 Å². The molecule has 2 rings (SSSR count). The zero-order valence-electron chi connectivity index (χ0n) is 11.2. The maximum Gasteiger partial charge on any atom is 0.270 e. The number of nitriles is 1. The smallest absolute Gasteiger partial charge is 0.270 e. The number of aryl methyl sites for hydroxylation is 1. The number of nitro benzene ring substituents is 1. The maximum atomic E-state index is 11.5. The molecule has 0 fully saturated rings. The van der Waals surface area contributed by atoms with Crippen molar-refractivity contribution in [3.05, 3.63) is 44.5 Å². The first-order chi connectivity index (χ1) is 9.74. The van der Waals surface area contributed by atoms with Crippen molar-refractivity contribution in [1.82, 2.24) is 4.98 Å². The number of benzene rings is 1. The van der Waals surface area contributed by atoms with Gasteiger partial charge in [-0.1, -0.05) is 0 Å². The second-order valence-electron chi connectivity index (χ2n) is 4.54. The Balaban J connectivity index is 2.77. The van der Waals surface area contributed by atoms with Gasteiger partial charge in [0.1, 0.15) is 11.0 Å². The van der Waals surface area contributed by atoms with Gasteiger partial charge in [0.05, 0.1) is 4.92 Å². The van der Waals surface area contributed by atoms with Gasteiger partial charge in [-0.25, -0.2) is 8.42 Å². The summed E-state index contributed by atoms with van der Waals surface area (Å²) in [5.41, 5.74) is 1.61. The van der Waals surface area contributed by atoms with E-state index in [1.165, 1.54) is 18.2 Å². The second-order valence-corrected chi connectivity index (χ2v) is 6.53. The highest BCUT2D eigenvalue weighted by Crippen LogP contribution is 2.28.